The Hall–Kier alpha value is -1.82. The van der Waals surface area contributed by atoms with Crippen LogP contribution in [0, 0.1) is 23.2 Å². The molecule has 1 heterocycles. The first kappa shape index (κ1) is 12.6. The summed E-state index contributed by atoms with van der Waals surface area (Å²) in [6.07, 6.45) is 1.19. The van der Waals surface area contributed by atoms with Crippen LogP contribution in [0.2, 0.25) is 0 Å². The van der Waals surface area contributed by atoms with Gasteiger partial charge in [0.1, 0.15) is 0 Å². The van der Waals surface area contributed by atoms with Crippen LogP contribution in [0.25, 0.3) is 0 Å². The Kier molecular flexibility index (Phi) is 3.66. The van der Waals surface area contributed by atoms with Gasteiger partial charge in [-0.3, -0.25) is 4.79 Å². The third-order valence-electron chi connectivity index (χ3n) is 3.42. The zero-order valence-electron chi connectivity index (χ0n) is 10.9. The monoisotopic (exact) mass is 242 g/mol. The molecule has 1 aromatic carbocycles. The van der Waals surface area contributed by atoms with Gasteiger partial charge < -0.3 is 4.90 Å². The van der Waals surface area contributed by atoms with E-state index in [9.17, 15) is 4.79 Å². The van der Waals surface area contributed by atoms with Crippen molar-refractivity contribution in [1.29, 1.82) is 5.26 Å². The molecule has 0 saturated carbocycles. The minimum absolute atomic E-state index is 0.0814. The number of likely N-dealkylation sites (tertiary alicyclic amines) is 1. The number of hydrogen-bond acceptors (Lipinski definition) is 2. The van der Waals surface area contributed by atoms with Crippen LogP contribution in [-0.4, -0.2) is 23.9 Å². The average Bonchev–Trinajstić information content (AvgIpc) is 2.37. The maximum Gasteiger partial charge on any atom is 0.253 e. The van der Waals surface area contributed by atoms with Crippen LogP contribution in [0.3, 0.4) is 0 Å². The third kappa shape index (κ3) is 2.70. The first-order chi connectivity index (χ1) is 8.60. The van der Waals surface area contributed by atoms with Crippen molar-refractivity contribution in [3.8, 4) is 6.07 Å². The zero-order valence-corrected chi connectivity index (χ0v) is 10.9. The molecule has 0 N–H and O–H groups in total. The fourth-order valence-corrected chi connectivity index (χ4v) is 2.70. The maximum atomic E-state index is 12.3. The van der Waals surface area contributed by atoms with Crippen molar-refractivity contribution in [3.05, 3.63) is 35.4 Å². The number of piperidine rings is 1. The quantitative estimate of drug-likeness (QED) is 0.760. The number of hydrogen-bond donors (Lipinski definition) is 0. The number of carbonyl (C=O) groups excluding carboxylic acids is 1. The molecule has 3 heteroatoms. The molecule has 0 spiro atoms. The summed E-state index contributed by atoms with van der Waals surface area (Å²) in [7, 11) is 0. The topological polar surface area (TPSA) is 44.1 Å². The van der Waals surface area contributed by atoms with Crippen LogP contribution in [0.5, 0.6) is 0 Å². The molecule has 0 aromatic heterocycles. The van der Waals surface area contributed by atoms with Crippen LogP contribution >= 0.6 is 0 Å². The van der Waals surface area contributed by atoms with E-state index in [4.69, 9.17) is 5.26 Å². The Bertz CT molecular complexity index is 462. The van der Waals surface area contributed by atoms with Gasteiger partial charge in [-0.05, 0) is 42.5 Å². The number of carbonyl (C=O) groups is 1. The number of rotatable bonds is 1. The standard InChI is InChI=1S/C15H18N2O/c1-11-7-12(2)10-17(9-11)15(18)14-5-3-13(8-16)4-6-14/h3-6,11-12H,7,9-10H2,1-2H3/t11-,12-/m0/s1. The van der Waals surface area contributed by atoms with Gasteiger partial charge >= 0.3 is 0 Å². The number of amides is 1. The highest BCUT2D eigenvalue weighted by Gasteiger charge is 2.25. The van der Waals surface area contributed by atoms with E-state index < -0.39 is 0 Å². The van der Waals surface area contributed by atoms with E-state index in [0.29, 0.717) is 23.0 Å². The molecular formula is C15H18N2O. The molecule has 1 aliphatic heterocycles. The summed E-state index contributed by atoms with van der Waals surface area (Å²) in [5, 5.41) is 8.74. The molecule has 94 valence electrons. The lowest BCUT2D eigenvalue weighted by Gasteiger charge is -2.35. The molecule has 18 heavy (non-hydrogen) atoms. The summed E-state index contributed by atoms with van der Waals surface area (Å²) < 4.78 is 0. The predicted octanol–water partition coefficient (Wildman–Crippen LogP) is 2.68. The van der Waals surface area contributed by atoms with E-state index in [2.05, 4.69) is 19.9 Å². The molecule has 2 rings (SSSR count). The maximum absolute atomic E-state index is 12.3. The average molecular weight is 242 g/mol. The van der Waals surface area contributed by atoms with E-state index in [0.717, 1.165) is 13.1 Å². The van der Waals surface area contributed by atoms with Gasteiger partial charge in [-0.2, -0.15) is 5.26 Å². The molecule has 2 atom stereocenters. The lowest BCUT2D eigenvalue weighted by atomic mass is 9.91. The molecule has 1 aromatic rings. The molecule has 0 unspecified atom stereocenters. The minimum atomic E-state index is 0.0814. The normalized spacial score (nSPS) is 23.5. The first-order valence-corrected chi connectivity index (χ1v) is 6.39. The summed E-state index contributed by atoms with van der Waals surface area (Å²) in [6.45, 7) is 6.05. The van der Waals surface area contributed by atoms with Crippen LogP contribution in [-0.2, 0) is 0 Å². The van der Waals surface area contributed by atoms with Crippen molar-refractivity contribution < 1.29 is 4.79 Å². The lowest BCUT2D eigenvalue weighted by molar-refractivity contribution is 0.0623. The summed E-state index contributed by atoms with van der Waals surface area (Å²) in [5.41, 5.74) is 1.27. The smallest absolute Gasteiger partial charge is 0.253 e. The fourth-order valence-electron chi connectivity index (χ4n) is 2.70. The van der Waals surface area contributed by atoms with Crippen LogP contribution < -0.4 is 0 Å². The van der Waals surface area contributed by atoms with E-state index >= 15 is 0 Å². The molecule has 0 bridgehead atoms. The van der Waals surface area contributed by atoms with Crippen molar-refractivity contribution in [3.63, 3.8) is 0 Å². The predicted molar refractivity (Wildman–Crippen MR) is 70.0 cm³/mol. The van der Waals surface area contributed by atoms with Gasteiger partial charge in [0.25, 0.3) is 5.91 Å². The van der Waals surface area contributed by atoms with Crippen molar-refractivity contribution in [2.75, 3.05) is 13.1 Å². The Labute approximate surface area is 108 Å². The van der Waals surface area contributed by atoms with Gasteiger partial charge in [-0.25, -0.2) is 0 Å². The highest BCUT2D eigenvalue weighted by atomic mass is 16.2. The Morgan fingerprint density at radius 2 is 1.78 bits per heavy atom. The zero-order chi connectivity index (χ0) is 13.1. The van der Waals surface area contributed by atoms with E-state index in [1.807, 2.05) is 4.90 Å². The second-order valence-corrected chi connectivity index (χ2v) is 5.35. The second kappa shape index (κ2) is 5.22. The highest BCUT2D eigenvalue weighted by Crippen LogP contribution is 2.22. The number of benzene rings is 1. The molecule has 1 amide bonds. The first-order valence-electron chi connectivity index (χ1n) is 6.39. The molecule has 1 saturated heterocycles. The lowest BCUT2D eigenvalue weighted by Crippen LogP contribution is -2.42. The van der Waals surface area contributed by atoms with Crippen LogP contribution in [0.1, 0.15) is 36.2 Å². The van der Waals surface area contributed by atoms with E-state index in [-0.39, 0.29) is 5.91 Å². The van der Waals surface area contributed by atoms with Gasteiger partial charge in [-0.15, -0.1) is 0 Å². The van der Waals surface area contributed by atoms with Gasteiger partial charge in [0.15, 0.2) is 0 Å². The largest absolute Gasteiger partial charge is 0.338 e. The molecule has 3 nitrogen and oxygen atoms in total. The number of nitriles is 1. The minimum Gasteiger partial charge on any atom is -0.338 e. The summed E-state index contributed by atoms with van der Waals surface area (Å²) in [6, 6.07) is 8.94. The van der Waals surface area contributed by atoms with Crippen molar-refractivity contribution >= 4 is 5.91 Å². The van der Waals surface area contributed by atoms with Crippen LogP contribution in [0.4, 0.5) is 0 Å². The molecule has 1 aliphatic rings. The summed E-state index contributed by atoms with van der Waals surface area (Å²) >= 11 is 0. The molecule has 0 aliphatic carbocycles. The Morgan fingerprint density at radius 1 is 1.22 bits per heavy atom. The van der Waals surface area contributed by atoms with Gasteiger partial charge in [-0.1, -0.05) is 13.8 Å². The highest BCUT2D eigenvalue weighted by molar-refractivity contribution is 5.94. The van der Waals surface area contributed by atoms with Crippen molar-refractivity contribution in [1.82, 2.24) is 4.90 Å². The Morgan fingerprint density at radius 3 is 2.28 bits per heavy atom. The van der Waals surface area contributed by atoms with Gasteiger partial charge in [0, 0.05) is 18.7 Å². The van der Waals surface area contributed by atoms with Crippen molar-refractivity contribution in [2.45, 2.75) is 20.3 Å². The van der Waals surface area contributed by atoms with E-state index in [1.54, 1.807) is 24.3 Å². The SMILES string of the molecule is C[C@H]1C[C@H](C)CN(C(=O)c2ccc(C#N)cc2)C1. The second-order valence-electron chi connectivity index (χ2n) is 5.35. The van der Waals surface area contributed by atoms with Crippen LogP contribution in [0.15, 0.2) is 24.3 Å². The summed E-state index contributed by atoms with van der Waals surface area (Å²) in [4.78, 5) is 14.3. The van der Waals surface area contributed by atoms with Crippen molar-refractivity contribution in [2.24, 2.45) is 11.8 Å². The summed E-state index contributed by atoms with van der Waals surface area (Å²) in [5.74, 6) is 1.21. The number of nitrogens with zero attached hydrogens (tertiary/aromatic N) is 2. The Balaban J connectivity index is 2.12. The molecule has 0 radical (unpaired) electrons. The van der Waals surface area contributed by atoms with Gasteiger partial charge in [0.2, 0.25) is 0 Å². The van der Waals surface area contributed by atoms with E-state index in [1.165, 1.54) is 6.42 Å². The fraction of sp³-hybridized carbons (Fsp3) is 0.467. The molecule has 1 fully saturated rings. The third-order valence-corrected chi connectivity index (χ3v) is 3.42. The molecular weight excluding hydrogens is 224 g/mol. The van der Waals surface area contributed by atoms with Gasteiger partial charge in [0.05, 0.1) is 11.6 Å².